The number of nitrogens with one attached hydrogen (secondary N) is 2. The zero-order valence-electron chi connectivity index (χ0n) is 20.5. The number of aromatic nitrogens is 1. The van der Waals surface area contributed by atoms with E-state index < -0.39 is 5.82 Å². The highest BCUT2D eigenvalue weighted by Gasteiger charge is 2.48. The quantitative estimate of drug-likeness (QED) is 0.507. The minimum atomic E-state index is -0.475. The van der Waals surface area contributed by atoms with E-state index in [0.29, 0.717) is 38.9 Å². The van der Waals surface area contributed by atoms with Gasteiger partial charge in [-0.05, 0) is 49.1 Å². The SMILES string of the molecule is COc1ccc2c3c([nH]c2c1)[C@H](CCO)N(C(C)=O)CC31CCN(C(=O)Nc2ccccc2F)CC1. The lowest BCUT2D eigenvalue weighted by molar-refractivity contribution is -0.134. The molecule has 1 fully saturated rings. The summed E-state index contributed by atoms with van der Waals surface area (Å²) in [7, 11) is 1.62. The number of nitrogens with zero attached hydrogens (tertiary/aromatic N) is 2. The van der Waals surface area contributed by atoms with Crippen molar-refractivity contribution in [2.45, 2.75) is 37.6 Å². The van der Waals surface area contributed by atoms with Crippen LogP contribution in [0.3, 0.4) is 0 Å². The number of urea groups is 1. The van der Waals surface area contributed by atoms with Crippen molar-refractivity contribution >= 4 is 28.5 Å². The molecule has 1 spiro atoms. The van der Waals surface area contributed by atoms with Crippen molar-refractivity contribution in [3.05, 3.63) is 59.5 Å². The molecule has 1 atom stereocenters. The first-order valence-electron chi connectivity index (χ1n) is 12.3. The van der Waals surface area contributed by atoms with Crippen LogP contribution in [0.4, 0.5) is 14.9 Å². The Morgan fingerprint density at radius 3 is 2.64 bits per heavy atom. The number of benzene rings is 2. The first-order valence-corrected chi connectivity index (χ1v) is 12.3. The summed E-state index contributed by atoms with van der Waals surface area (Å²) in [5, 5.41) is 13.5. The number of amides is 3. The molecular weight excluding hydrogens is 463 g/mol. The highest BCUT2D eigenvalue weighted by molar-refractivity contribution is 5.90. The minimum Gasteiger partial charge on any atom is -0.497 e. The molecule has 3 aromatic rings. The van der Waals surface area contributed by atoms with Gasteiger partial charge < -0.3 is 29.9 Å². The second-order valence-electron chi connectivity index (χ2n) is 9.68. The Morgan fingerprint density at radius 2 is 1.97 bits per heavy atom. The lowest BCUT2D eigenvalue weighted by atomic mass is 9.68. The molecule has 190 valence electrons. The Balaban J connectivity index is 1.49. The highest BCUT2D eigenvalue weighted by atomic mass is 19.1. The lowest BCUT2D eigenvalue weighted by Gasteiger charge is -2.50. The number of aliphatic hydroxyl groups is 1. The lowest BCUT2D eigenvalue weighted by Crippen LogP contribution is -2.55. The molecule has 3 heterocycles. The first-order chi connectivity index (χ1) is 17.4. The van der Waals surface area contributed by atoms with E-state index in [1.807, 2.05) is 23.1 Å². The van der Waals surface area contributed by atoms with Crippen molar-refractivity contribution in [1.82, 2.24) is 14.8 Å². The van der Waals surface area contributed by atoms with E-state index in [2.05, 4.69) is 10.3 Å². The molecule has 3 N–H and O–H groups in total. The minimum absolute atomic E-state index is 0.0381. The number of methoxy groups -OCH3 is 1. The predicted molar refractivity (Wildman–Crippen MR) is 135 cm³/mol. The van der Waals surface area contributed by atoms with Crippen LogP contribution < -0.4 is 10.1 Å². The molecule has 9 heteroatoms. The molecule has 36 heavy (non-hydrogen) atoms. The number of fused-ring (bicyclic) bond motifs is 4. The third-order valence-corrected chi connectivity index (χ3v) is 7.68. The summed E-state index contributed by atoms with van der Waals surface area (Å²) in [5.41, 5.74) is 2.83. The van der Waals surface area contributed by atoms with E-state index in [1.54, 1.807) is 37.1 Å². The van der Waals surface area contributed by atoms with E-state index in [4.69, 9.17) is 4.74 Å². The van der Waals surface area contributed by atoms with Crippen LogP contribution in [-0.4, -0.2) is 65.2 Å². The first kappa shape index (κ1) is 24.1. The fraction of sp³-hybridized carbons (Fsp3) is 0.407. The normalized spacial score (nSPS) is 18.8. The topological polar surface area (TPSA) is 97.9 Å². The van der Waals surface area contributed by atoms with Gasteiger partial charge in [-0.3, -0.25) is 4.79 Å². The van der Waals surface area contributed by atoms with Crippen LogP contribution in [-0.2, 0) is 10.2 Å². The van der Waals surface area contributed by atoms with Gasteiger partial charge in [0, 0.05) is 61.2 Å². The summed E-state index contributed by atoms with van der Waals surface area (Å²) in [5.74, 6) is 0.212. The number of aromatic amines is 1. The van der Waals surface area contributed by atoms with E-state index in [1.165, 1.54) is 6.07 Å². The summed E-state index contributed by atoms with van der Waals surface area (Å²) >= 11 is 0. The number of ether oxygens (including phenoxy) is 1. The van der Waals surface area contributed by atoms with Gasteiger partial charge in [-0.25, -0.2) is 9.18 Å². The van der Waals surface area contributed by atoms with Crippen LogP contribution >= 0.6 is 0 Å². The number of likely N-dealkylation sites (tertiary alicyclic amines) is 1. The van der Waals surface area contributed by atoms with Gasteiger partial charge >= 0.3 is 6.03 Å². The molecule has 0 unspecified atom stereocenters. The molecule has 0 aliphatic carbocycles. The molecule has 2 aliphatic rings. The standard InChI is InChI=1S/C27H31FN4O4/c1-17(34)32-16-27(10-12-31(13-11-27)26(35)30-21-6-4-3-5-20(21)28)24-19-8-7-18(36-2)15-22(19)29-25(24)23(32)9-14-33/h3-8,15,23,29,33H,9-14,16H2,1-2H3,(H,30,35)/t23-/m0/s1. The Kier molecular flexibility index (Phi) is 6.34. The maximum Gasteiger partial charge on any atom is 0.321 e. The van der Waals surface area contributed by atoms with Crippen LogP contribution in [0.2, 0.25) is 0 Å². The number of H-pyrrole nitrogens is 1. The number of carbonyl (C=O) groups is 2. The number of para-hydroxylation sites is 1. The van der Waals surface area contributed by atoms with Gasteiger partial charge in [-0.15, -0.1) is 0 Å². The molecule has 3 amide bonds. The maximum absolute atomic E-state index is 14.1. The molecular formula is C27H31FN4O4. The monoisotopic (exact) mass is 494 g/mol. The summed E-state index contributed by atoms with van der Waals surface area (Å²) in [6.45, 7) is 2.98. The average Bonchev–Trinajstić information content (AvgIpc) is 3.27. The van der Waals surface area contributed by atoms with E-state index in [9.17, 15) is 19.1 Å². The zero-order chi connectivity index (χ0) is 25.4. The maximum atomic E-state index is 14.1. The molecule has 1 aromatic heterocycles. The third kappa shape index (κ3) is 4.07. The number of halogens is 1. The fourth-order valence-electron chi connectivity index (χ4n) is 5.87. The Bertz CT molecular complexity index is 1300. The number of hydrogen-bond acceptors (Lipinski definition) is 4. The van der Waals surface area contributed by atoms with Gasteiger partial charge in [0.15, 0.2) is 0 Å². The average molecular weight is 495 g/mol. The fourth-order valence-corrected chi connectivity index (χ4v) is 5.87. The molecule has 1 saturated heterocycles. The Hall–Kier alpha value is -3.59. The van der Waals surface area contributed by atoms with Crippen LogP contribution in [0.25, 0.3) is 10.9 Å². The van der Waals surface area contributed by atoms with Gasteiger partial charge in [0.1, 0.15) is 11.6 Å². The number of aliphatic hydroxyl groups excluding tert-OH is 1. The molecule has 0 bridgehead atoms. The van der Waals surface area contributed by atoms with Crippen molar-refractivity contribution < 1.29 is 23.8 Å². The van der Waals surface area contributed by atoms with Crippen molar-refractivity contribution in [2.75, 3.05) is 38.7 Å². The van der Waals surface area contributed by atoms with Crippen LogP contribution in [0.1, 0.15) is 43.5 Å². The van der Waals surface area contributed by atoms with E-state index in [-0.39, 0.29) is 35.7 Å². The summed E-state index contributed by atoms with van der Waals surface area (Å²) in [6, 6.07) is 11.4. The summed E-state index contributed by atoms with van der Waals surface area (Å²) < 4.78 is 19.5. The molecule has 5 rings (SSSR count). The number of rotatable bonds is 4. The van der Waals surface area contributed by atoms with E-state index in [0.717, 1.165) is 27.9 Å². The molecule has 0 saturated carbocycles. The van der Waals surface area contributed by atoms with Crippen molar-refractivity contribution in [2.24, 2.45) is 0 Å². The third-order valence-electron chi connectivity index (χ3n) is 7.68. The predicted octanol–water partition coefficient (Wildman–Crippen LogP) is 4.17. The zero-order valence-corrected chi connectivity index (χ0v) is 20.5. The van der Waals surface area contributed by atoms with Crippen molar-refractivity contribution in [1.29, 1.82) is 0 Å². The second-order valence-corrected chi connectivity index (χ2v) is 9.68. The summed E-state index contributed by atoms with van der Waals surface area (Å²) in [4.78, 5) is 32.7. The number of carbonyl (C=O) groups excluding carboxylic acids is 2. The highest BCUT2D eigenvalue weighted by Crippen LogP contribution is 2.50. The van der Waals surface area contributed by atoms with Gasteiger partial charge in [0.25, 0.3) is 0 Å². The largest absolute Gasteiger partial charge is 0.497 e. The Morgan fingerprint density at radius 1 is 1.22 bits per heavy atom. The van der Waals surface area contributed by atoms with Gasteiger partial charge in [0.2, 0.25) is 5.91 Å². The second kappa shape index (κ2) is 9.46. The molecule has 2 aromatic carbocycles. The van der Waals surface area contributed by atoms with E-state index >= 15 is 0 Å². The van der Waals surface area contributed by atoms with Gasteiger partial charge in [-0.2, -0.15) is 0 Å². The van der Waals surface area contributed by atoms with Crippen LogP contribution in [0, 0.1) is 5.82 Å². The Labute approximate surface area is 209 Å². The van der Waals surface area contributed by atoms with Crippen molar-refractivity contribution in [3.8, 4) is 5.75 Å². The number of piperidine rings is 1. The van der Waals surface area contributed by atoms with Crippen LogP contribution in [0.5, 0.6) is 5.75 Å². The van der Waals surface area contributed by atoms with Gasteiger partial charge in [-0.1, -0.05) is 12.1 Å². The molecule has 8 nitrogen and oxygen atoms in total. The van der Waals surface area contributed by atoms with Crippen LogP contribution in [0.15, 0.2) is 42.5 Å². The van der Waals surface area contributed by atoms with Gasteiger partial charge in [0.05, 0.1) is 18.8 Å². The number of anilines is 1. The van der Waals surface area contributed by atoms with Crippen molar-refractivity contribution in [3.63, 3.8) is 0 Å². The molecule has 0 radical (unpaired) electrons. The molecule has 2 aliphatic heterocycles. The smallest absolute Gasteiger partial charge is 0.321 e. The number of hydrogen-bond donors (Lipinski definition) is 3. The summed E-state index contributed by atoms with van der Waals surface area (Å²) in [6.07, 6.45) is 1.74.